The van der Waals surface area contributed by atoms with Crippen molar-refractivity contribution >= 4 is 49.4 Å². The zero-order valence-corrected chi connectivity index (χ0v) is 18.1. The number of ether oxygens (including phenoxy) is 1. The Hall–Kier alpha value is -3.64. The molecule has 0 spiro atoms. The largest absolute Gasteiger partial charge is 0.495 e. The lowest BCUT2D eigenvalue weighted by Crippen LogP contribution is -2.13. The Morgan fingerprint density at radius 3 is 2.58 bits per heavy atom. The van der Waals surface area contributed by atoms with Crippen LogP contribution in [0.1, 0.15) is 10.4 Å². The lowest BCUT2D eigenvalue weighted by atomic mass is 10.1. The number of nitrogens with one attached hydrogen (secondary N) is 1. The molecule has 1 heterocycles. The number of rotatable bonds is 4. The molecule has 0 aliphatic rings. The lowest BCUT2D eigenvalue weighted by molar-refractivity contribution is 0.102. The summed E-state index contributed by atoms with van der Waals surface area (Å²) in [6, 6.07) is 24.7. The molecule has 152 valence electrons. The van der Waals surface area contributed by atoms with Gasteiger partial charge in [0.1, 0.15) is 11.3 Å². The van der Waals surface area contributed by atoms with Gasteiger partial charge in [-0.3, -0.25) is 4.79 Å². The normalized spacial score (nSPS) is 11.0. The highest BCUT2D eigenvalue weighted by atomic mass is 79.9. The van der Waals surface area contributed by atoms with Crippen LogP contribution in [0, 0.1) is 0 Å². The summed E-state index contributed by atoms with van der Waals surface area (Å²) in [6.07, 6.45) is 0. The van der Waals surface area contributed by atoms with Gasteiger partial charge >= 0.3 is 0 Å². The van der Waals surface area contributed by atoms with Crippen LogP contribution < -0.4 is 10.1 Å². The topological polar surface area (TPSA) is 64.4 Å². The number of nitrogens with zero attached hydrogens (tertiary/aromatic N) is 1. The average molecular weight is 473 g/mol. The Kier molecular flexibility index (Phi) is 4.92. The van der Waals surface area contributed by atoms with Crippen LogP contribution in [-0.4, -0.2) is 18.0 Å². The van der Waals surface area contributed by atoms with E-state index >= 15 is 0 Å². The quantitative estimate of drug-likeness (QED) is 0.317. The summed E-state index contributed by atoms with van der Waals surface area (Å²) in [5.41, 5.74) is 3.29. The summed E-state index contributed by atoms with van der Waals surface area (Å²) >= 11 is 3.58. The van der Waals surface area contributed by atoms with E-state index in [9.17, 15) is 4.79 Å². The molecule has 1 aromatic heterocycles. The zero-order valence-electron chi connectivity index (χ0n) is 16.6. The van der Waals surface area contributed by atoms with Crippen LogP contribution in [0.3, 0.4) is 0 Å². The molecule has 0 saturated heterocycles. The van der Waals surface area contributed by atoms with Crippen molar-refractivity contribution in [1.29, 1.82) is 0 Å². The highest BCUT2D eigenvalue weighted by molar-refractivity contribution is 9.10. The Morgan fingerprint density at radius 1 is 1.00 bits per heavy atom. The van der Waals surface area contributed by atoms with Gasteiger partial charge in [-0.2, -0.15) is 0 Å². The molecule has 0 fully saturated rings. The van der Waals surface area contributed by atoms with Crippen molar-refractivity contribution in [3.8, 4) is 17.2 Å². The number of oxazole rings is 1. The third-order valence-corrected chi connectivity index (χ3v) is 5.84. The maximum atomic E-state index is 13.1. The van der Waals surface area contributed by atoms with Gasteiger partial charge in [0, 0.05) is 11.3 Å². The predicted octanol–water partition coefficient (Wildman–Crippen LogP) is 6.67. The first-order valence-electron chi connectivity index (χ1n) is 9.66. The third kappa shape index (κ3) is 3.55. The molecule has 0 bridgehead atoms. The van der Waals surface area contributed by atoms with Crippen LogP contribution in [0.2, 0.25) is 0 Å². The molecule has 0 atom stereocenters. The first-order valence-corrected chi connectivity index (χ1v) is 10.5. The number of amides is 1. The highest BCUT2D eigenvalue weighted by Crippen LogP contribution is 2.37. The summed E-state index contributed by atoms with van der Waals surface area (Å²) in [5.74, 6) is 0.763. The van der Waals surface area contributed by atoms with Crippen molar-refractivity contribution in [2.45, 2.75) is 0 Å². The van der Waals surface area contributed by atoms with Gasteiger partial charge < -0.3 is 14.5 Å². The number of aromatic nitrogens is 1. The maximum absolute atomic E-state index is 13.1. The van der Waals surface area contributed by atoms with Crippen molar-refractivity contribution in [3.05, 3.63) is 88.9 Å². The standard InChI is InChI=1S/C25H17BrN2O3/c1-30-23-19(13-16-9-5-6-10-18(16)22(23)26)24(29)27-17-11-12-21-20(14-17)28-25(31-21)15-7-3-2-4-8-15/h2-14H,1H3,(H,27,29). The smallest absolute Gasteiger partial charge is 0.259 e. The SMILES string of the molecule is COc1c(C(=O)Nc2ccc3oc(-c4ccccc4)nc3c2)cc2ccccc2c1Br. The molecule has 1 amide bonds. The van der Waals surface area contributed by atoms with Gasteiger partial charge in [0.15, 0.2) is 5.58 Å². The summed E-state index contributed by atoms with van der Waals surface area (Å²) < 4.78 is 12.1. The van der Waals surface area contributed by atoms with E-state index in [4.69, 9.17) is 9.15 Å². The second kappa shape index (κ2) is 7.89. The fourth-order valence-corrected chi connectivity index (χ4v) is 4.30. The Labute approximate surface area is 186 Å². The fraction of sp³-hybridized carbons (Fsp3) is 0.0400. The van der Waals surface area contributed by atoms with Gasteiger partial charge in [0.05, 0.1) is 17.1 Å². The van der Waals surface area contributed by atoms with Crippen LogP contribution in [-0.2, 0) is 0 Å². The molecule has 6 heteroatoms. The second-order valence-electron chi connectivity index (χ2n) is 7.01. The number of halogens is 1. The van der Waals surface area contributed by atoms with Crippen molar-refractivity contribution in [3.63, 3.8) is 0 Å². The first kappa shape index (κ1) is 19.3. The third-order valence-electron chi connectivity index (χ3n) is 5.06. The molecule has 0 aliphatic heterocycles. The van der Waals surface area contributed by atoms with E-state index in [-0.39, 0.29) is 5.91 Å². The Morgan fingerprint density at radius 2 is 1.77 bits per heavy atom. The van der Waals surface area contributed by atoms with Crippen LogP contribution >= 0.6 is 15.9 Å². The molecule has 1 N–H and O–H groups in total. The highest BCUT2D eigenvalue weighted by Gasteiger charge is 2.19. The first-order chi connectivity index (χ1) is 15.1. The van der Waals surface area contributed by atoms with Crippen molar-refractivity contribution in [1.82, 2.24) is 4.98 Å². The minimum Gasteiger partial charge on any atom is -0.495 e. The van der Waals surface area contributed by atoms with Gasteiger partial charge in [-0.15, -0.1) is 0 Å². The van der Waals surface area contributed by atoms with E-state index in [1.807, 2.05) is 60.7 Å². The molecule has 0 radical (unpaired) electrons. The average Bonchev–Trinajstić information content (AvgIpc) is 3.23. The summed E-state index contributed by atoms with van der Waals surface area (Å²) in [6.45, 7) is 0. The molecule has 5 rings (SSSR count). The number of anilines is 1. The van der Waals surface area contributed by atoms with Gasteiger partial charge in [-0.1, -0.05) is 42.5 Å². The number of hydrogen-bond donors (Lipinski definition) is 1. The number of hydrogen-bond acceptors (Lipinski definition) is 4. The van der Waals surface area contributed by atoms with Crippen LogP contribution in [0.5, 0.6) is 5.75 Å². The van der Waals surface area contributed by atoms with Crippen molar-refractivity contribution in [2.24, 2.45) is 0 Å². The molecule has 5 nitrogen and oxygen atoms in total. The molecule has 31 heavy (non-hydrogen) atoms. The maximum Gasteiger partial charge on any atom is 0.259 e. The minimum absolute atomic E-state index is 0.269. The molecule has 5 aromatic rings. The van der Waals surface area contributed by atoms with Crippen LogP contribution in [0.15, 0.2) is 87.8 Å². The fourth-order valence-electron chi connectivity index (χ4n) is 3.56. The molecular weight excluding hydrogens is 456 g/mol. The predicted molar refractivity (Wildman–Crippen MR) is 126 cm³/mol. The number of carbonyl (C=O) groups is 1. The number of fused-ring (bicyclic) bond motifs is 2. The molecular formula is C25H17BrN2O3. The van der Waals surface area contributed by atoms with Gasteiger partial charge in [-0.05, 0) is 63.1 Å². The van der Waals surface area contributed by atoms with Crippen LogP contribution in [0.25, 0.3) is 33.3 Å². The number of carbonyl (C=O) groups excluding carboxylic acids is 1. The number of methoxy groups -OCH3 is 1. The number of benzene rings is 4. The lowest BCUT2D eigenvalue weighted by Gasteiger charge is -2.13. The molecule has 0 unspecified atom stereocenters. The van der Waals surface area contributed by atoms with Crippen molar-refractivity contribution in [2.75, 3.05) is 12.4 Å². The summed E-state index contributed by atoms with van der Waals surface area (Å²) in [4.78, 5) is 17.7. The van der Waals surface area contributed by atoms with Gasteiger partial charge in [-0.25, -0.2) is 4.98 Å². The summed E-state index contributed by atoms with van der Waals surface area (Å²) in [7, 11) is 1.55. The molecule has 0 aliphatic carbocycles. The van der Waals surface area contributed by atoms with Gasteiger partial charge in [0.2, 0.25) is 5.89 Å². The zero-order chi connectivity index (χ0) is 21.4. The summed E-state index contributed by atoms with van der Waals surface area (Å²) in [5, 5.41) is 4.87. The molecule has 4 aromatic carbocycles. The van der Waals surface area contributed by atoms with E-state index in [1.54, 1.807) is 25.3 Å². The molecule has 0 saturated carbocycles. The minimum atomic E-state index is -0.269. The van der Waals surface area contributed by atoms with E-state index in [0.29, 0.717) is 34.0 Å². The van der Waals surface area contributed by atoms with Crippen molar-refractivity contribution < 1.29 is 13.9 Å². The second-order valence-corrected chi connectivity index (χ2v) is 7.81. The van der Waals surface area contributed by atoms with Gasteiger partial charge in [0.25, 0.3) is 5.91 Å². The van der Waals surface area contributed by atoms with E-state index in [0.717, 1.165) is 20.8 Å². The Balaban J connectivity index is 1.49. The van der Waals surface area contributed by atoms with Crippen LogP contribution in [0.4, 0.5) is 5.69 Å². The van der Waals surface area contributed by atoms with E-state index < -0.39 is 0 Å². The monoisotopic (exact) mass is 472 g/mol. The Bertz CT molecular complexity index is 1430. The van der Waals surface area contributed by atoms with E-state index in [2.05, 4.69) is 26.2 Å². The van der Waals surface area contributed by atoms with E-state index in [1.165, 1.54) is 0 Å².